The van der Waals surface area contributed by atoms with E-state index in [4.69, 9.17) is 0 Å². The van der Waals surface area contributed by atoms with Gasteiger partial charge in [-0.15, -0.1) is 0 Å². The van der Waals surface area contributed by atoms with Crippen molar-refractivity contribution in [3.05, 3.63) is 69.4 Å². The molecule has 1 aromatic heterocycles. The molecule has 0 aliphatic heterocycles. The Kier molecular flexibility index (Phi) is 16.5. The molecule has 2 amide bonds. The van der Waals surface area contributed by atoms with Crippen molar-refractivity contribution in [3.8, 4) is 5.69 Å². The molecule has 0 saturated heterocycles. The summed E-state index contributed by atoms with van der Waals surface area (Å²) >= 11 is 0. The van der Waals surface area contributed by atoms with E-state index in [2.05, 4.69) is 10.3 Å². The average Bonchev–Trinajstić information content (AvgIpc) is 2.84. The van der Waals surface area contributed by atoms with Gasteiger partial charge in [-0.2, -0.15) is 0 Å². The quantitative estimate of drug-likeness (QED) is 0.478. The number of sulfonamides is 1. The van der Waals surface area contributed by atoms with Crippen LogP contribution in [0.4, 0.5) is 10.5 Å². The highest BCUT2D eigenvalue weighted by Crippen LogP contribution is 2.12. The Hall–Kier alpha value is -3.40. The normalized spacial score (nSPS) is 9.32. The van der Waals surface area contributed by atoms with E-state index in [0.717, 1.165) is 10.8 Å². The van der Waals surface area contributed by atoms with Gasteiger partial charge in [-0.3, -0.25) is 4.79 Å². The van der Waals surface area contributed by atoms with E-state index in [-0.39, 0.29) is 0 Å². The van der Waals surface area contributed by atoms with Crippen LogP contribution < -0.4 is 21.3 Å². The fraction of sp³-hybridized carbons (Fsp3) is 0.375. The van der Waals surface area contributed by atoms with Gasteiger partial charge < -0.3 is 10.3 Å². The van der Waals surface area contributed by atoms with Gasteiger partial charge in [-0.05, 0) is 36.4 Å². The largest absolute Gasteiger partial charge is 0.333 e. The standard InChI is InChI=1S/C16H14N4O5S.4C2H6/c1-26(24,25)19-15(22)17-10-6-8-11(9-7-10)20-14(21)12-4-2-3-5-13(12)18-16(20)23;4*1-2/h2-9H,1H3,(H,18,23)(H2,17,19,22);4*1-2H3. The summed E-state index contributed by atoms with van der Waals surface area (Å²) in [5.41, 5.74) is -0.0326. The number of aromatic nitrogens is 2. The molecule has 9 nitrogen and oxygen atoms in total. The molecule has 3 N–H and O–H groups in total. The molecular formula is C24H38N4O5S. The molecule has 3 aromatic rings. The van der Waals surface area contributed by atoms with Gasteiger partial charge in [0, 0.05) is 5.69 Å². The highest BCUT2D eigenvalue weighted by Gasteiger charge is 2.11. The lowest BCUT2D eigenvalue weighted by Gasteiger charge is -2.09. The van der Waals surface area contributed by atoms with Crippen molar-refractivity contribution in [2.75, 3.05) is 11.6 Å². The van der Waals surface area contributed by atoms with Crippen LogP contribution in [-0.4, -0.2) is 30.3 Å². The maximum absolute atomic E-state index is 12.6. The Labute approximate surface area is 202 Å². The smallest absolute Gasteiger partial charge is 0.307 e. The summed E-state index contributed by atoms with van der Waals surface area (Å²) in [5.74, 6) is 0. The molecule has 0 spiro atoms. The predicted molar refractivity (Wildman–Crippen MR) is 143 cm³/mol. The topological polar surface area (TPSA) is 130 Å². The van der Waals surface area contributed by atoms with Crippen molar-refractivity contribution in [1.29, 1.82) is 0 Å². The Bertz CT molecular complexity index is 1210. The monoisotopic (exact) mass is 494 g/mol. The number of hydrogen-bond acceptors (Lipinski definition) is 5. The first kappa shape index (κ1) is 32.8. The number of benzene rings is 2. The number of H-pyrrole nitrogens is 1. The van der Waals surface area contributed by atoms with Crippen LogP contribution >= 0.6 is 0 Å². The lowest BCUT2D eigenvalue weighted by Crippen LogP contribution is -2.34. The Morgan fingerprint density at radius 2 is 1.32 bits per heavy atom. The zero-order chi connectivity index (χ0) is 26.9. The lowest BCUT2D eigenvalue weighted by molar-refractivity contribution is 0.256. The third-order valence-electron chi connectivity index (χ3n) is 3.47. The first-order chi connectivity index (χ1) is 16.2. The molecule has 1 heterocycles. The van der Waals surface area contributed by atoms with Gasteiger partial charge in [-0.25, -0.2) is 27.3 Å². The number of para-hydroxylation sites is 1. The molecule has 0 aliphatic carbocycles. The third-order valence-corrected chi connectivity index (χ3v) is 4.02. The molecule has 34 heavy (non-hydrogen) atoms. The maximum atomic E-state index is 12.6. The van der Waals surface area contributed by atoms with Crippen molar-refractivity contribution in [2.45, 2.75) is 55.4 Å². The fourth-order valence-electron chi connectivity index (χ4n) is 2.42. The molecule has 0 bridgehead atoms. The second kappa shape index (κ2) is 17.1. The van der Waals surface area contributed by atoms with Crippen molar-refractivity contribution >= 4 is 32.6 Å². The molecule has 3 rings (SSSR count). The van der Waals surface area contributed by atoms with E-state index in [0.29, 0.717) is 22.3 Å². The number of fused-ring (bicyclic) bond motifs is 1. The lowest BCUT2D eigenvalue weighted by atomic mass is 10.2. The molecule has 0 atom stereocenters. The van der Waals surface area contributed by atoms with E-state index in [1.807, 2.05) is 55.4 Å². The van der Waals surface area contributed by atoms with Crippen LogP contribution in [0.5, 0.6) is 0 Å². The number of urea groups is 1. The Balaban J connectivity index is 0. The number of nitrogens with zero attached hydrogens (tertiary/aromatic N) is 1. The minimum atomic E-state index is -3.68. The summed E-state index contributed by atoms with van der Waals surface area (Å²) in [5, 5.41) is 2.70. The van der Waals surface area contributed by atoms with Gasteiger partial charge in [0.1, 0.15) is 0 Å². The molecule has 0 unspecified atom stereocenters. The highest BCUT2D eigenvalue weighted by molar-refractivity contribution is 7.89. The Morgan fingerprint density at radius 3 is 1.82 bits per heavy atom. The SMILES string of the molecule is CC.CC.CC.CC.CS(=O)(=O)NC(=O)Nc1ccc(-n2c(=O)[nH]c3ccccc3c2=O)cc1. The van der Waals surface area contributed by atoms with Crippen LogP contribution in [0.25, 0.3) is 16.6 Å². The second-order valence-corrected chi connectivity index (χ2v) is 7.24. The van der Waals surface area contributed by atoms with Crippen LogP contribution in [0.3, 0.4) is 0 Å². The third kappa shape index (κ3) is 10.0. The van der Waals surface area contributed by atoms with Gasteiger partial charge in [0.2, 0.25) is 10.0 Å². The number of amides is 2. The number of carbonyl (C=O) groups excluding carboxylic acids is 1. The Morgan fingerprint density at radius 1 is 0.824 bits per heavy atom. The number of anilines is 1. The number of nitrogens with one attached hydrogen (secondary N) is 3. The van der Waals surface area contributed by atoms with Crippen LogP contribution in [0.2, 0.25) is 0 Å². The molecule has 0 aliphatic rings. The van der Waals surface area contributed by atoms with Gasteiger partial charge >= 0.3 is 11.7 Å². The summed E-state index contributed by atoms with van der Waals surface area (Å²) in [4.78, 5) is 39.0. The van der Waals surface area contributed by atoms with E-state index in [1.165, 1.54) is 24.3 Å². The predicted octanol–water partition coefficient (Wildman–Crippen LogP) is 4.86. The van der Waals surface area contributed by atoms with Crippen LogP contribution in [0, 0.1) is 0 Å². The zero-order valence-corrected chi connectivity index (χ0v) is 22.3. The number of hydrogen-bond donors (Lipinski definition) is 3. The summed E-state index contributed by atoms with van der Waals surface area (Å²) in [6.45, 7) is 16.0. The van der Waals surface area contributed by atoms with Crippen LogP contribution in [0.1, 0.15) is 55.4 Å². The number of carbonyl (C=O) groups is 1. The number of rotatable bonds is 3. The van der Waals surface area contributed by atoms with Crippen molar-refractivity contribution in [3.63, 3.8) is 0 Å². The summed E-state index contributed by atoms with van der Waals surface area (Å²) in [6.07, 6.45) is 0.855. The minimum Gasteiger partial charge on any atom is -0.307 e. The summed E-state index contributed by atoms with van der Waals surface area (Å²) in [7, 11) is -3.68. The van der Waals surface area contributed by atoms with Crippen LogP contribution in [-0.2, 0) is 10.0 Å². The second-order valence-electron chi connectivity index (χ2n) is 5.49. The highest BCUT2D eigenvalue weighted by atomic mass is 32.2. The zero-order valence-electron chi connectivity index (χ0n) is 21.5. The molecule has 190 valence electrons. The maximum Gasteiger partial charge on any atom is 0.333 e. The molecule has 0 saturated carbocycles. The van der Waals surface area contributed by atoms with Crippen molar-refractivity contribution < 1.29 is 13.2 Å². The van der Waals surface area contributed by atoms with Crippen molar-refractivity contribution in [2.24, 2.45) is 0 Å². The van der Waals surface area contributed by atoms with E-state index in [1.54, 1.807) is 29.0 Å². The minimum absolute atomic E-state index is 0.292. The van der Waals surface area contributed by atoms with Gasteiger partial charge in [-0.1, -0.05) is 67.5 Å². The fourth-order valence-corrected chi connectivity index (χ4v) is 2.80. The van der Waals surface area contributed by atoms with Crippen LogP contribution in [0.15, 0.2) is 58.1 Å². The summed E-state index contributed by atoms with van der Waals surface area (Å²) < 4.78 is 24.7. The molecule has 0 fully saturated rings. The first-order valence-electron chi connectivity index (χ1n) is 11.4. The van der Waals surface area contributed by atoms with Gasteiger partial charge in [0.25, 0.3) is 5.56 Å². The molecule has 2 aromatic carbocycles. The van der Waals surface area contributed by atoms with E-state index < -0.39 is 27.3 Å². The molecular weight excluding hydrogens is 456 g/mol. The number of aromatic amines is 1. The molecule has 0 radical (unpaired) electrons. The van der Waals surface area contributed by atoms with Crippen molar-refractivity contribution in [1.82, 2.24) is 14.3 Å². The van der Waals surface area contributed by atoms with Gasteiger partial charge in [0.15, 0.2) is 0 Å². The first-order valence-corrected chi connectivity index (χ1v) is 13.3. The van der Waals surface area contributed by atoms with Gasteiger partial charge in [0.05, 0.1) is 22.8 Å². The molecule has 10 heteroatoms. The summed E-state index contributed by atoms with van der Waals surface area (Å²) in [6, 6.07) is 11.5. The van der Waals surface area contributed by atoms with E-state index in [9.17, 15) is 22.8 Å². The van der Waals surface area contributed by atoms with E-state index >= 15 is 0 Å². The average molecular weight is 495 g/mol.